The number of benzene rings is 1. The Hall–Kier alpha value is -1.28. The van der Waals surface area contributed by atoms with E-state index in [0.29, 0.717) is 12.5 Å². The molecular formula is C20H28ClIN4O. The second-order valence-corrected chi connectivity index (χ2v) is 7.65. The molecule has 1 aromatic heterocycles. The van der Waals surface area contributed by atoms with Gasteiger partial charge in [-0.25, -0.2) is 4.99 Å². The zero-order valence-corrected chi connectivity index (χ0v) is 19.2. The maximum absolute atomic E-state index is 6.16. The molecule has 2 aromatic rings. The Balaban J connectivity index is 0.00000261. The van der Waals surface area contributed by atoms with Crippen molar-refractivity contribution in [3.8, 4) is 0 Å². The molecule has 1 aliphatic rings. The molecule has 148 valence electrons. The number of aliphatic imine (C=N–C) groups is 1. The molecule has 27 heavy (non-hydrogen) atoms. The number of nitrogens with zero attached hydrogens (tertiary/aromatic N) is 2. The minimum absolute atomic E-state index is 0. The van der Waals surface area contributed by atoms with Gasteiger partial charge in [-0.2, -0.15) is 0 Å². The van der Waals surface area contributed by atoms with Crippen LogP contribution in [-0.4, -0.2) is 24.2 Å². The molecule has 0 spiro atoms. The molecular weight excluding hydrogens is 475 g/mol. The van der Waals surface area contributed by atoms with Crippen LogP contribution in [0, 0.1) is 0 Å². The molecule has 0 radical (unpaired) electrons. The van der Waals surface area contributed by atoms with E-state index in [1.54, 1.807) is 0 Å². The Morgan fingerprint density at radius 1 is 1.30 bits per heavy atom. The van der Waals surface area contributed by atoms with Gasteiger partial charge in [0.25, 0.3) is 0 Å². The van der Waals surface area contributed by atoms with Crippen molar-refractivity contribution in [2.45, 2.75) is 51.5 Å². The molecule has 1 aliphatic carbocycles. The van der Waals surface area contributed by atoms with Crippen molar-refractivity contribution in [2.24, 2.45) is 4.99 Å². The van der Waals surface area contributed by atoms with Crippen molar-refractivity contribution in [1.82, 2.24) is 15.8 Å². The summed E-state index contributed by atoms with van der Waals surface area (Å²) in [5.74, 6) is 1.93. The summed E-state index contributed by atoms with van der Waals surface area (Å²) in [5.41, 5.74) is 2.43. The van der Waals surface area contributed by atoms with Crippen LogP contribution < -0.4 is 10.6 Å². The maximum atomic E-state index is 6.16. The standard InChI is InChI=1S/C20H27ClN4O.HI/c1-4-22-19(23-12-17-11-18(14(2)3)25-26-17)24-13-20(8-9-20)15-6-5-7-16(21)10-15;/h5-7,10-11,14H,4,8-9,12-13H2,1-3H3,(H2,22,23,24);1H. The number of nitrogens with one attached hydrogen (secondary N) is 2. The van der Waals surface area contributed by atoms with Crippen LogP contribution in [0.1, 0.15) is 56.5 Å². The molecule has 0 amide bonds. The van der Waals surface area contributed by atoms with Crippen LogP contribution in [0.25, 0.3) is 0 Å². The van der Waals surface area contributed by atoms with Gasteiger partial charge in [0.1, 0.15) is 6.54 Å². The van der Waals surface area contributed by atoms with Gasteiger partial charge in [0, 0.05) is 29.6 Å². The highest BCUT2D eigenvalue weighted by Gasteiger charge is 2.44. The fraction of sp³-hybridized carbons (Fsp3) is 0.500. The van der Waals surface area contributed by atoms with E-state index in [0.717, 1.165) is 35.5 Å². The summed E-state index contributed by atoms with van der Waals surface area (Å²) in [6.07, 6.45) is 2.33. The summed E-state index contributed by atoms with van der Waals surface area (Å²) < 4.78 is 5.37. The largest absolute Gasteiger partial charge is 0.359 e. The average Bonchev–Trinajstić information content (AvgIpc) is 3.26. The van der Waals surface area contributed by atoms with E-state index in [1.807, 2.05) is 18.2 Å². The fourth-order valence-corrected chi connectivity index (χ4v) is 3.15. The van der Waals surface area contributed by atoms with Gasteiger partial charge in [0.05, 0.1) is 5.69 Å². The molecule has 3 rings (SSSR count). The third kappa shape index (κ3) is 5.85. The van der Waals surface area contributed by atoms with Gasteiger partial charge in [-0.05, 0) is 43.4 Å². The van der Waals surface area contributed by atoms with Gasteiger partial charge in [0.2, 0.25) is 0 Å². The van der Waals surface area contributed by atoms with Crippen molar-refractivity contribution in [3.63, 3.8) is 0 Å². The molecule has 0 atom stereocenters. The maximum Gasteiger partial charge on any atom is 0.191 e. The van der Waals surface area contributed by atoms with Crippen molar-refractivity contribution in [3.05, 3.63) is 52.4 Å². The van der Waals surface area contributed by atoms with Gasteiger partial charge < -0.3 is 15.2 Å². The molecule has 0 bridgehead atoms. The summed E-state index contributed by atoms with van der Waals surface area (Å²) in [6.45, 7) is 8.38. The summed E-state index contributed by atoms with van der Waals surface area (Å²) in [7, 11) is 0. The van der Waals surface area contributed by atoms with Crippen LogP contribution in [0.5, 0.6) is 0 Å². The molecule has 1 aromatic carbocycles. The van der Waals surface area contributed by atoms with Crippen LogP contribution in [-0.2, 0) is 12.0 Å². The molecule has 2 N–H and O–H groups in total. The van der Waals surface area contributed by atoms with Gasteiger partial charge >= 0.3 is 0 Å². The van der Waals surface area contributed by atoms with Crippen LogP contribution in [0.3, 0.4) is 0 Å². The molecule has 0 aliphatic heterocycles. The molecule has 1 saturated carbocycles. The van der Waals surface area contributed by atoms with E-state index >= 15 is 0 Å². The lowest BCUT2D eigenvalue weighted by Gasteiger charge is -2.19. The summed E-state index contributed by atoms with van der Waals surface area (Å²) in [4.78, 5) is 4.63. The Morgan fingerprint density at radius 3 is 2.67 bits per heavy atom. The van der Waals surface area contributed by atoms with Crippen molar-refractivity contribution in [2.75, 3.05) is 13.1 Å². The van der Waals surface area contributed by atoms with E-state index in [-0.39, 0.29) is 29.4 Å². The molecule has 5 nitrogen and oxygen atoms in total. The van der Waals surface area contributed by atoms with Crippen molar-refractivity contribution >= 4 is 41.5 Å². The average molecular weight is 503 g/mol. The number of hydrogen-bond acceptors (Lipinski definition) is 3. The SMILES string of the molecule is CCNC(=NCc1cc(C(C)C)no1)NCC1(c2cccc(Cl)c2)CC1.I. The highest BCUT2D eigenvalue weighted by molar-refractivity contribution is 14.0. The van der Waals surface area contributed by atoms with Crippen molar-refractivity contribution < 1.29 is 4.52 Å². The Bertz CT molecular complexity index is 771. The van der Waals surface area contributed by atoms with Gasteiger partial charge in [-0.3, -0.25) is 0 Å². The molecule has 0 unspecified atom stereocenters. The smallest absolute Gasteiger partial charge is 0.191 e. The van der Waals surface area contributed by atoms with Crippen molar-refractivity contribution in [1.29, 1.82) is 0 Å². The number of hydrogen-bond donors (Lipinski definition) is 2. The first kappa shape index (κ1) is 22.0. The zero-order valence-electron chi connectivity index (χ0n) is 16.1. The highest BCUT2D eigenvalue weighted by atomic mass is 127. The highest BCUT2D eigenvalue weighted by Crippen LogP contribution is 2.48. The normalized spacial score (nSPS) is 15.4. The van der Waals surface area contributed by atoms with Crippen LogP contribution >= 0.6 is 35.6 Å². The monoisotopic (exact) mass is 502 g/mol. The predicted molar refractivity (Wildman–Crippen MR) is 121 cm³/mol. The summed E-state index contributed by atoms with van der Waals surface area (Å²) >= 11 is 6.16. The number of rotatable bonds is 7. The Kier molecular flexibility index (Phi) is 7.97. The van der Waals surface area contributed by atoms with Crippen LogP contribution in [0.15, 0.2) is 39.8 Å². The number of guanidine groups is 1. The quantitative estimate of drug-likeness (QED) is 0.323. The van der Waals surface area contributed by atoms with Gasteiger partial charge in [-0.15, -0.1) is 24.0 Å². The van der Waals surface area contributed by atoms with E-state index in [2.05, 4.69) is 53.7 Å². The van der Waals surface area contributed by atoms with E-state index in [4.69, 9.17) is 16.1 Å². The lowest BCUT2D eigenvalue weighted by atomic mass is 9.96. The lowest BCUT2D eigenvalue weighted by Crippen LogP contribution is -2.41. The molecule has 1 heterocycles. The number of halogens is 2. The molecule has 1 fully saturated rings. The van der Waals surface area contributed by atoms with Gasteiger partial charge in [-0.1, -0.05) is 42.7 Å². The lowest BCUT2D eigenvalue weighted by molar-refractivity contribution is 0.376. The minimum Gasteiger partial charge on any atom is -0.359 e. The van der Waals surface area contributed by atoms with E-state index in [9.17, 15) is 0 Å². The van der Waals surface area contributed by atoms with Crippen LogP contribution in [0.2, 0.25) is 5.02 Å². The Labute approximate surface area is 183 Å². The van der Waals surface area contributed by atoms with Gasteiger partial charge in [0.15, 0.2) is 11.7 Å². The first-order valence-electron chi connectivity index (χ1n) is 9.26. The summed E-state index contributed by atoms with van der Waals surface area (Å²) in [5, 5.41) is 11.6. The first-order valence-corrected chi connectivity index (χ1v) is 9.64. The summed E-state index contributed by atoms with van der Waals surface area (Å²) in [6, 6.07) is 10.1. The Morgan fingerprint density at radius 2 is 2.07 bits per heavy atom. The van der Waals surface area contributed by atoms with E-state index in [1.165, 1.54) is 18.4 Å². The topological polar surface area (TPSA) is 62.5 Å². The second-order valence-electron chi connectivity index (χ2n) is 7.21. The predicted octanol–water partition coefficient (Wildman–Crippen LogP) is 4.86. The zero-order chi connectivity index (χ0) is 18.6. The third-order valence-electron chi connectivity index (χ3n) is 4.79. The van der Waals surface area contributed by atoms with E-state index < -0.39 is 0 Å². The second kappa shape index (κ2) is 9.78. The van der Waals surface area contributed by atoms with Crippen LogP contribution in [0.4, 0.5) is 0 Å². The molecule has 7 heteroatoms. The third-order valence-corrected chi connectivity index (χ3v) is 5.03. The minimum atomic E-state index is 0. The molecule has 0 saturated heterocycles. The number of aromatic nitrogens is 1. The fourth-order valence-electron chi connectivity index (χ4n) is 2.96. The first-order chi connectivity index (χ1) is 12.5.